The van der Waals surface area contributed by atoms with E-state index in [-0.39, 0.29) is 24.9 Å². The van der Waals surface area contributed by atoms with E-state index in [0.29, 0.717) is 37.6 Å². The summed E-state index contributed by atoms with van der Waals surface area (Å²) >= 11 is 0. The fourth-order valence-corrected chi connectivity index (χ4v) is 5.37. The molecule has 0 aliphatic heterocycles. The summed E-state index contributed by atoms with van der Waals surface area (Å²) in [5, 5.41) is 6.22. The van der Waals surface area contributed by atoms with Crippen LogP contribution in [0.2, 0.25) is 0 Å². The normalized spacial score (nSPS) is 10.8. The van der Waals surface area contributed by atoms with E-state index in [1.165, 1.54) is 5.56 Å². The average molecular weight is 691 g/mol. The molecule has 0 spiro atoms. The number of carbonyl (C=O) groups is 1. The number of halogens is 1. The van der Waals surface area contributed by atoms with Gasteiger partial charge in [0.2, 0.25) is 5.91 Å². The summed E-state index contributed by atoms with van der Waals surface area (Å²) in [6.45, 7) is 6.82. The minimum Gasteiger partial charge on any atom is -0.377 e. The Morgan fingerprint density at radius 3 is 2.06 bits per heavy atom. The van der Waals surface area contributed by atoms with E-state index in [1.807, 2.05) is 80.7 Å². The number of amides is 1. The summed E-state index contributed by atoms with van der Waals surface area (Å²) in [7, 11) is 0. The molecule has 5 heterocycles. The van der Waals surface area contributed by atoms with E-state index in [0.717, 1.165) is 51.2 Å². The monoisotopic (exact) mass is 690 g/mol. The third-order valence-electron chi connectivity index (χ3n) is 7.68. The van der Waals surface area contributed by atoms with Crippen LogP contribution < -0.4 is 10.6 Å². The number of hydrogen-bond donors (Lipinski definition) is 2. The quantitative estimate of drug-likeness (QED) is 0.137. The molecular weight excluding hydrogens is 652 g/mol. The number of ether oxygens (including phenoxy) is 2. The molecule has 256 valence electrons. The zero-order valence-electron chi connectivity index (χ0n) is 28.0. The van der Waals surface area contributed by atoms with Gasteiger partial charge < -0.3 is 24.7 Å². The van der Waals surface area contributed by atoms with E-state index in [4.69, 9.17) is 14.5 Å². The minimum absolute atomic E-state index is 0. The molecule has 0 saturated carbocycles. The topological polar surface area (TPSA) is 129 Å². The molecule has 0 radical (unpaired) electrons. The molecule has 11 nitrogen and oxygen atoms in total. The second-order valence-electron chi connectivity index (χ2n) is 11.0. The van der Waals surface area contributed by atoms with Crippen molar-refractivity contribution >= 4 is 62.8 Å². The lowest BCUT2D eigenvalue weighted by Gasteiger charge is -2.15. The van der Waals surface area contributed by atoms with Crippen molar-refractivity contribution in [3.05, 3.63) is 127 Å². The zero-order valence-corrected chi connectivity index (χ0v) is 28.8. The number of imidazole rings is 1. The van der Waals surface area contributed by atoms with Gasteiger partial charge in [-0.25, -0.2) is 4.98 Å². The molecule has 50 heavy (non-hydrogen) atoms. The first-order valence-electron chi connectivity index (χ1n) is 16.2. The van der Waals surface area contributed by atoms with Crippen molar-refractivity contribution in [2.75, 3.05) is 30.5 Å². The number of rotatable bonds is 12. The van der Waals surface area contributed by atoms with Crippen LogP contribution >= 0.6 is 12.4 Å². The lowest BCUT2D eigenvalue weighted by molar-refractivity contribution is -0.120. The maximum absolute atomic E-state index is 12.0. The molecule has 0 unspecified atom stereocenters. The summed E-state index contributed by atoms with van der Waals surface area (Å²) in [6.07, 6.45) is 6.96. The van der Waals surface area contributed by atoms with Gasteiger partial charge in [0, 0.05) is 38.7 Å². The summed E-state index contributed by atoms with van der Waals surface area (Å²) in [5.41, 5.74) is 8.79. The predicted molar refractivity (Wildman–Crippen MR) is 199 cm³/mol. The van der Waals surface area contributed by atoms with Crippen LogP contribution in [0.25, 0.3) is 33.1 Å². The maximum Gasteiger partial charge on any atom is 0.250 e. The van der Waals surface area contributed by atoms with Gasteiger partial charge in [0.1, 0.15) is 35.6 Å². The Morgan fingerprint density at radius 1 is 0.720 bits per heavy atom. The molecule has 0 bridgehead atoms. The first-order valence-corrected chi connectivity index (χ1v) is 16.2. The van der Waals surface area contributed by atoms with Gasteiger partial charge in [0.05, 0.1) is 40.3 Å². The lowest BCUT2D eigenvalue weighted by atomic mass is 10.2. The second kappa shape index (κ2) is 17.8. The van der Waals surface area contributed by atoms with Crippen molar-refractivity contribution in [2.24, 2.45) is 0 Å². The van der Waals surface area contributed by atoms with E-state index in [1.54, 1.807) is 18.6 Å². The molecule has 0 fully saturated rings. The number of benzene rings is 2. The standard InChI is InChI=1S/C19H20N4O2.C19H18N4O.ClH/c1-2-25-13-17(24)23-16-12-21-15-9-6-10-20-18(15)19(16)22-11-14-7-4-3-5-8-14;1-2-24-13-17-22-16-11-21-15-9-6-10-20-18(15)19(16)23(17)12-14-7-4-3-5-8-14;/h3-10,12H,2,11,13H2,1H3,(H,21,22)(H,23,24);3-11H,2,12-13H2,1H3;1H. The Kier molecular flexibility index (Phi) is 12.7. The molecular formula is C38H39ClN8O3. The highest BCUT2D eigenvalue weighted by Gasteiger charge is 2.16. The number of carbonyl (C=O) groups excluding carboxylic acids is 1. The van der Waals surface area contributed by atoms with Crippen molar-refractivity contribution < 1.29 is 14.3 Å². The van der Waals surface area contributed by atoms with Crippen molar-refractivity contribution in [1.29, 1.82) is 0 Å². The predicted octanol–water partition coefficient (Wildman–Crippen LogP) is 7.20. The fraction of sp³-hybridized carbons (Fsp3) is 0.211. The van der Waals surface area contributed by atoms with Gasteiger partial charge in [0.25, 0.3) is 0 Å². The van der Waals surface area contributed by atoms with Crippen LogP contribution in [0.4, 0.5) is 11.4 Å². The summed E-state index contributed by atoms with van der Waals surface area (Å²) in [6, 6.07) is 28.0. The third-order valence-corrected chi connectivity index (χ3v) is 7.68. The average Bonchev–Trinajstić information content (AvgIpc) is 3.50. The van der Waals surface area contributed by atoms with Gasteiger partial charge in [0.15, 0.2) is 0 Å². The Bertz CT molecular complexity index is 2150. The van der Waals surface area contributed by atoms with Crippen LogP contribution in [-0.2, 0) is 34.0 Å². The molecule has 12 heteroatoms. The first kappa shape index (κ1) is 35.8. The van der Waals surface area contributed by atoms with E-state index < -0.39 is 0 Å². The molecule has 2 N–H and O–H groups in total. The summed E-state index contributed by atoms with van der Waals surface area (Å²) < 4.78 is 13.0. The molecule has 7 aromatic rings. The molecule has 0 aliphatic rings. The Labute approximate surface area is 296 Å². The first-order chi connectivity index (χ1) is 24.1. The number of pyridine rings is 4. The highest BCUT2D eigenvalue weighted by molar-refractivity contribution is 6.02. The molecule has 1 amide bonds. The molecule has 2 aromatic carbocycles. The zero-order chi connectivity index (χ0) is 33.8. The Balaban J connectivity index is 0.000000191. The van der Waals surface area contributed by atoms with Crippen molar-refractivity contribution in [3.63, 3.8) is 0 Å². The number of nitrogens with one attached hydrogen (secondary N) is 2. The Morgan fingerprint density at radius 2 is 1.36 bits per heavy atom. The highest BCUT2D eigenvalue weighted by Crippen LogP contribution is 2.29. The van der Waals surface area contributed by atoms with Crippen molar-refractivity contribution in [3.8, 4) is 0 Å². The molecule has 0 atom stereocenters. The third kappa shape index (κ3) is 8.75. The van der Waals surface area contributed by atoms with E-state index >= 15 is 0 Å². The minimum atomic E-state index is -0.221. The summed E-state index contributed by atoms with van der Waals surface area (Å²) in [4.78, 5) is 34.6. The van der Waals surface area contributed by atoms with Gasteiger partial charge in [-0.15, -0.1) is 12.4 Å². The summed E-state index contributed by atoms with van der Waals surface area (Å²) in [5.74, 6) is 0.678. The molecule has 0 aliphatic carbocycles. The SMILES string of the molecule is CCOCC(=O)Nc1cnc2cccnc2c1NCc1ccccc1.CCOCc1nc2cnc3cccnc3c2n1Cc1ccccc1.Cl. The van der Waals surface area contributed by atoms with Gasteiger partial charge in [-0.1, -0.05) is 60.7 Å². The van der Waals surface area contributed by atoms with E-state index in [2.05, 4.69) is 59.4 Å². The van der Waals surface area contributed by atoms with Crippen LogP contribution in [0, 0.1) is 0 Å². The second-order valence-corrected chi connectivity index (χ2v) is 11.0. The molecule has 7 rings (SSSR count). The number of anilines is 2. The Hall–Kier alpha value is -5.49. The van der Waals surface area contributed by atoms with Gasteiger partial charge >= 0.3 is 0 Å². The number of nitrogens with zero attached hydrogens (tertiary/aromatic N) is 6. The van der Waals surface area contributed by atoms with Crippen molar-refractivity contribution in [1.82, 2.24) is 29.5 Å². The van der Waals surface area contributed by atoms with Crippen molar-refractivity contribution in [2.45, 2.75) is 33.5 Å². The molecule has 0 saturated heterocycles. The van der Waals surface area contributed by atoms with Crippen LogP contribution in [0.1, 0.15) is 30.8 Å². The van der Waals surface area contributed by atoms with Crippen LogP contribution in [0.5, 0.6) is 0 Å². The van der Waals surface area contributed by atoms with Gasteiger partial charge in [-0.3, -0.25) is 24.7 Å². The maximum atomic E-state index is 12.0. The van der Waals surface area contributed by atoms with Gasteiger partial charge in [-0.05, 0) is 49.2 Å². The van der Waals surface area contributed by atoms with Crippen LogP contribution in [-0.4, -0.2) is 55.2 Å². The fourth-order valence-electron chi connectivity index (χ4n) is 5.37. The number of aromatic nitrogens is 6. The van der Waals surface area contributed by atoms with Gasteiger partial charge in [-0.2, -0.15) is 0 Å². The van der Waals surface area contributed by atoms with Crippen LogP contribution in [0.15, 0.2) is 110 Å². The molecule has 5 aromatic heterocycles. The number of hydrogen-bond acceptors (Lipinski definition) is 9. The number of fused-ring (bicyclic) bond motifs is 4. The smallest absolute Gasteiger partial charge is 0.250 e. The largest absolute Gasteiger partial charge is 0.377 e. The van der Waals surface area contributed by atoms with E-state index in [9.17, 15) is 4.79 Å². The van der Waals surface area contributed by atoms with Crippen LogP contribution in [0.3, 0.4) is 0 Å². The highest BCUT2D eigenvalue weighted by atomic mass is 35.5. The lowest BCUT2D eigenvalue weighted by Crippen LogP contribution is -2.19.